The lowest BCUT2D eigenvalue weighted by atomic mass is 10.0. The van der Waals surface area contributed by atoms with Crippen LogP contribution in [0.1, 0.15) is 30.5 Å². The molecule has 1 N–H and O–H groups in total. The molecule has 4 aromatic rings. The second kappa shape index (κ2) is 11.1. The fourth-order valence-corrected chi connectivity index (χ4v) is 4.50. The maximum Gasteiger partial charge on any atom is 0.230 e. The largest absolute Gasteiger partial charge is 0.351 e. The molecule has 0 unspecified atom stereocenters. The SMILES string of the molecule is CCc1cccc(CC)c1-n1c(SCC(=O)NCc2ccc(F)cc2)nnc1-c1cccnc1. The Morgan fingerprint density at radius 2 is 1.74 bits per heavy atom. The maximum atomic E-state index is 13.1. The van der Waals surface area contributed by atoms with Crippen LogP contribution < -0.4 is 5.32 Å². The lowest BCUT2D eigenvalue weighted by Gasteiger charge is -2.18. The van der Waals surface area contributed by atoms with E-state index in [0.717, 1.165) is 29.7 Å². The highest BCUT2D eigenvalue weighted by molar-refractivity contribution is 7.99. The average Bonchev–Trinajstić information content (AvgIpc) is 3.30. The van der Waals surface area contributed by atoms with E-state index in [4.69, 9.17) is 0 Å². The lowest BCUT2D eigenvalue weighted by Crippen LogP contribution is -2.24. The number of aromatic nitrogens is 4. The number of nitrogens with one attached hydrogen (secondary N) is 1. The Morgan fingerprint density at radius 1 is 1.00 bits per heavy atom. The van der Waals surface area contributed by atoms with E-state index in [2.05, 4.69) is 52.5 Å². The molecule has 0 saturated heterocycles. The Morgan fingerprint density at radius 3 is 2.38 bits per heavy atom. The number of halogens is 1. The Balaban J connectivity index is 1.62. The van der Waals surface area contributed by atoms with E-state index >= 15 is 0 Å². The molecule has 0 aliphatic rings. The summed E-state index contributed by atoms with van der Waals surface area (Å²) in [5.74, 6) is 0.444. The van der Waals surface area contributed by atoms with Gasteiger partial charge in [-0.2, -0.15) is 0 Å². The van der Waals surface area contributed by atoms with Gasteiger partial charge in [0.2, 0.25) is 5.91 Å². The number of hydrogen-bond acceptors (Lipinski definition) is 5. The van der Waals surface area contributed by atoms with Crippen LogP contribution in [0.2, 0.25) is 0 Å². The lowest BCUT2D eigenvalue weighted by molar-refractivity contribution is -0.118. The van der Waals surface area contributed by atoms with Gasteiger partial charge in [-0.3, -0.25) is 14.3 Å². The Hall–Kier alpha value is -3.52. The number of thioether (sulfide) groups is 1. The van der Waals surface area contributed by atoms with E-state index in [9.17, 15) is 9.18 Å². The van der Waals surface area contributed by atoms with Gasteiger partial charge < -0.3 is 5.32 Å². The molecule has 2 heterocycles. The highest BCUT2D eigenvalue weighted by Gasteiger charge is 2.21. The summed E-state index contributed by atoms with van der Waals surface area (Å²) in [6, 6.07) is 16.2. The first-order chi connectivity index (χ1) is 16.6. The average molecular weight is 476 g/mol. The first-order valence-electron chi connectivity index (χ1n) is 11.2. The fourth-order valence-electron chi connectivity index (χ4n) is 3.73. The van der Waals surface area contributed by atoms with Crippen LogP contribution in [0.15, 0.2) is 72.1 Å². The van der Waals surface area contributed by atoms with Gasteiger partial charge in [-0.05, 0) is 53.8 Å². The number of benzene rings is 2. The van der Waals surface area contributed by atoms with Crippen molar-refractivity contribution in [3.05, 3.63) is 89.5 Å². The number of hydrogen-bond donors (Lipinski definition) is 1. The molecule has 0 fully saturated rings. The van der Waals surface area contributed by atoms with Gasteiger partial charge in [-0.15, -0.1) is 10.2 Å². The van der Waals surface area contributed by atoms with Crippen molar-refractivity contribution in [1.29, 1.82) is 0 Å². The topological polar surface area (TPSA) is 72.7 Å². The van der Waals surface area contributed by atoms with E-state index in [1.165, 1.54) is 35.0 Å². The van der Waals surface area contributed by atoms with Crippen LogP contribution in [0, 0.1) is 5.82 Å². The van der Waals surface area contributed by atoms with Gasteiger partial charge >= 0.3 is 0 Å². The summed E-state index contributed by atoms with van der Waals surface area (Å²) in [5, 5.41) is 12.5. The van der Waals surface area contributed by atoms with Crippen molar-refractivity contribution in [3.8, 4) is 17.1 Å². The molecule has 0 bridgehead atoms. The molecule has 0 aliphatic carbocycles. The standard InChI is InChI=1S/C26H26FN5OS/c1-3-19-7-5-8-20(4-2)24(19)32-25(21-9-6-14-28-16-21)30-31-26(32)34-17-23(33)29-15-18-10-12-22(27)13-11-18/h5-14,16H,3-4,15,17H2,1-2H3,(H,29,33). The summed E-state index contributed by atoms with van der Waals surface area (Å²) in [4.78, 5) is 16.8. The molecule has 8 heteroatoms. The third kappa shape index (κ3) is 5.34. The van der Waals surface area contributed by atoms with Crippen LogP contribution in [0.4, 0.5) is 4.39 Å². The molecule has 0 radical (unpaired) electrons. The molecule has 1 amide bonds. The highest BCUT2D eigenvalue weighted by atomic mass is 32.2. The minimum atomic E-state index is -0.298. The van der Waals surface area contributed by atoms with Crippen molar-refractivity contribution in [3.63, 3.8) is 0 Å². The first kappa shape index (κ1) is 23.6. The van der Waals surface area contributed by atoms with E-state index < -0.39 is 0 Å². The van der Waals surface area contributed by atoms with Gasteiger partial charge in [0.15, 0.2) is 11.0 Å². The number of para-hydroxylation sites is 1. The molecule has 0 spiro atoms. The smallest absolute Gasteiger partial charge is 0.230 e. The van der Waals surface area contributed by atoms with Crippen LogP contribution in [0.3, 0.4) is 0 Å². The molecule has 2 aromatic heterocycles. The Labute approximate surface area is 202 Å². The zero-order valence-electron chi connectivity index (χ0n) is 19.2. The monoisotopic (exact) mass is 475 g/mol. The Bertz CT molecular complexity index is 1240. The molecule has 0 atom stereocenters. The number of amides is 1. The number of carbonyl (C=O) groups excluding carboxylic acids is 1. The quantitative estimate of drug-likeness (QED) is 0.345. The highest BCUT2D eigenvalue weighted by Crippen LogP contribution is 2.32. The van der Waals surface area contributed by atoms with Gasteiger partial charge in [0.25, 0.3) is 0 Å². The number of carbonyl (C=O) groups is 1. The minimum absolute atomic E-state index is 0.133. The Kier molecular flexibility index (Phi) is 7.69. The van der Waals surface area contributed by atoms with Crippen molar-refractivity contribution in [1.82, 2.24) is 25.1 Å². The van der Waals surface area contributed by atoms with Crippen molar-refractivity contribution in [2.75, 3.05) is 5.75 Å². The molecule has 4 rings (SSSR count). The van der Waals surface area contributed by atoms with Crippen LogP contribution >= 0.6 is 11.8 Å². The summed E-state index contributed by atoms with van der Waals surface area (Å²) in [7, 11) is 0. The zero-order valence-corrected chi connectivity index (χ0v) is 20.0. The van der Waals surface area contributed by atoms with E-state index in [1.54, 1.807) is 24.5 Å². The second-order valence-corrected chi connectivity index (χ2v) is 8.65. The molecule has 6 nitrogen and oxygen atoms in total. The van der Waals surface area contributed by atoms with Gasteiger partial charge in [0, 0.05) is 24.5 Å². The molecular weight excluding hydrogens is 449 g/mol. The molecule has 174 valence electrons. The summed E-state index contributed by atoms with van der Waals surface area (Å²) in [5.41, 5.74) is 5.13. The van der Waals surface area contributed by atoms with E-state index in [1.807, 2.05) is 16.7 Å². The van der Waals surface area contributed by atoms with Crippen molar-refractivity contribution in [2.45, 2.75) is 38.4 Å². The van der Waals surface area contributed by atoms with Gasteiger partial charge in [0.05, 0.1) is 11.4 Å². The van der Waals surface area contributed by atoms with E-state index in [-0.39, 0.29) is 17.5 Å². The molecule has 0 saturated carbocycles. The van der Waals surface area contributed by atoms with Gasteiger partial charge in [-0.25, -0.2) is 4.39 Å². The van der Waals surface area contributed by atoms with Crippen molar-refractivity contribution in [2.24, 2.45) is 0 Å². The van der Waals surface area contributed by atoms with Crippen molar-refractivity contribution < 1.29 is 9.18 Å². The van der Waals surface area contributed by atoms with E-state index in [0.29, 0.717) is 17.5 Å². The number of aryl methyl sites for hydroxylation is 2. The summed E-state index contributed by atoms with van der Waals surface area (Å²) in [6.07, 6.45) is 5.21. The molecule has 34 heavy (non-hydrogen) atoms. The van der Waals surface area contributed by atoms with Gasteiger partial charge in [0.1, 0.15) is 5.82 Å². The molecule has 0 aliphatic heterocycles. The first-order valence-corrected chi connectivity index (χ1v) is 12.2. The minimum Gasteiger partial charge on any atom is -0.351 e. The third-order valence-corrected chi connectivity index (χ3v) is 6.41. The zero-order chi connectivity index (χ0) is 23.9. The van der Waals surface area contributed by atoms with Crippen LogP contribution in [-0.2, 0) is 24.2 Å². The maximum absolute atomic E-state index is 13.1. The van der Waals surface area contributed by atoms with Crippen LogP contribution in [0.5, 0.6) is 0 Å². The predicted octanol–water partition coefficient (Wildman–Crippen LogP) is 5.00. The van der Waals surface area contributed by atoms with Crippen molar-refractivity contribution >= 4 is 17.7 Å². The number of pyridine rings is 1. The summed E-state index contributed by atoms with van der Waals surface area (Å²) >= 11 is 1.34. The number of nitrogens with zero attached hydrogens (tertiary/aromatic N) is 4. The van der Waals surface area contributed by atoms with Crippen LogP contribution in [-0.4, -0.2) is 31.4 Å². The number of rotatable bonds is 9. The third-order valence-electron chi connectivity index (χ3n) is 5.48. The van der Waals surface area contributed by atoms with Crippen LogP contribution in [0.25, 0.3) is 17.1 Å². The van der Waals surface area contributed by atoms with Gasteiger partial charge in [-0.1, -0.05) is 55.9 Å². The predicted molar refractivity (Wildman–Crippen MR) is 132 cm³/mol. The fraction of sp³-hybridized carbons (Fsp3) is 0.231. The summed E-state index contributed by atoms with van der Waals surface area (Å²) < 4.78 is 15.1. The summed E-state index contributed by atoms with van der Waals surface area (Å²) in [6.45, 7) is 4.59. The normalized spacial score (nSPS) is 10.9. The molecular formula is C26H26FN5OS. The molecule has 2 aromatic carbocycles. The second-order valence-electron chi connectivity index (χ2n) is 7.71.